The van der Waals surface area contributed by atoms with E-state index in [1.165, 1.54) is 141 Å². The van der Waals surface area contributed by atoms with Crippen molar-refractivity contribution in [1.82, 2.24) is 9.80 Å². The van der Waals surface area contributed by atoms with Crippen molar-refractivity contribution in [2.45, 2.75) is 242 Å². The number of hydrogen-bond acceptors (Lipinski definition) is 4. The average molecular weight is 773 g/mol. The fraction of sp³-hybridized carbons (Fsp3) is 0.846. The smallest absolute Gasteiger partial charge is 0.193 e. The molecule has 12 rings (SSSR count). The molecule has 5 heteroatoms. The first-order chi connectivity index (χ1) is 27.5. The van der Waals surface area contributed by atoms with Crippen LogP contribution in [0.25, 0.3) is 0 Å². The minimum atomic E-state index is 0.211. The first-order valence-electron chi connectivity index (χ1n) is 25.2. The maximum atomic E-state index is 7.96. The van der Waals surface area contributed by atoms with Crippen LogP contribution in [-0.2, 0) is 9.47 Å². The molecule has 0 radical (unpaired) electrons. The van der Waals surface area contributed by atoms with E-state index in [4.69, 9.17) is 9.47 Å². The Labute approximate surface area is 347 Å². The van der Waals surface area contributed by atoms with Crippen LogP contribution in [0.4, 0.5) is 0 Å². The molecule has 3 saturated carbocycles. The Balaban J connectivity index is 1.03. The second-order valence-electron chi connectivity index (χ2n) is 24.1. The van der Waals surface area contributed by atoms with Crippen molar-refractivity contribution in [2.24, 2.45) is 34.5 Å². The van der Waals surface area contributed by atoms with Gasteiger partial charge in [0.2, 0.25) is 0 Å². The summed E-state index contributed by atoms with van der Waals surface area (Å²) >= 11 is 0. The summed E-state index contributed by atoms with van der Waals surface area (Å²) < 4.78 is 15.3. The van der Waals surface area contributed by atoms with E-state index in [2.05, 4.69) is 69.6 Å². The second kappa shape index (κ2) is 13.4. The largest absolute Gasteiger partial charge is 0.493 e. The molecule has 310 valence electrons. The van der Waals surface area contributed by atoms with Gasteiger partial charge in [0.15, 0.2) is 6.71 Å². The van der Waals surface area contributed by atoms with Gasteiger partial charge in [-0.3, -0.25) is 9.80 Å². The van der Waals surface area contributed by atoms with Crippen molar-refractivity contribution in [3.05, 3.63) is 46.3 Å². The maximum absolute atomic E-state index is 7.96. The predicted molar refractivity (Wildman–Crippen MR) is 233 cm³/mol. The van der Waals surface area contributed by atoms with Crippen LogP contribution in [0.3, 0.4) is 0 Å². The van der Waals surface area contributed by atoms with Gasteiger partial charge in [0, 0.05) is 60.0 Å². The standard InChI is InChI=1S/C52H77BN2O2/c1-31-26-41-45-42(27-31)55-47-38(52(51(55,5)6)24-13-8-14-25-52)28-33(32-16-9-7-10-17-32)29-39(47)53(45)49-46(37-23-22-34(50(2,3)4)30-44(37)57-49)54(41)40-20-15-19-36-35-18-11-12-21-43(35)56-48(36)40/h26,29-30,32,36-42,44-49H,7-25,27-28H2,1-6H3. The third kappa shape index (κ3) is 5.28. The Morgan fingerprint density at radius 3 is 2.37 bits per heavy atom. The lowest BCUT2D eigenvalue weighted by atomic mass is 9.22. The summed E-state index contributed by atoms with van der Waals surface area (Å²) in [5, 5.41) is 0. The lowest BCUT2D eigenvalue weighted by molar-refractivity contribution is -0.0771. The van der Waals surface area contributed by atoms with Gasteiger partial charge in [-0.1, -0.05) is 101 Å². The first kappa shape index (κ1) is 37.5. The highest BCUT2D eigenvalue weighted by atomic mass is 16.5. The molecule has 0 bridgehead atoms. The summed E-state index contributed by atoms with van der Waals surface area (Å²) in [6.45, 7) is 16.1. The maximum Gasteiger partial charge on any atom is 0.193 e. The second-order valence-corrected chi connectivity index (χ2v) is 24.1. The molecule has 5 heterocycles. The van der Waals surface area contributed by atoms with Crippen molar-refractivity contribution in [1.29, 1.82) is 0 Å². The van der Waals surface area contributed by atoms with E-state index in [0.717, 1.165) is 11.8 Å². The van der Waals surface area contributed by atoms with Gasteiger partial charge in [0.05, 0.1) is 11.9 Å². The highest BCUT2D eigenvalue weighted by Crippen LogP contribution is 2.71. The summed E-state index contributed by atoms with van der Waals surface area (Å²) in [4.78, 5) is 6.59. The van der Waals surface area contributed by atoms with Gasteiger partial charge in [0.1, 0.15) is 6.10 Å². The van der Waals surface area contributed by atoms with E-state index in [9.17, 15) is 0 Å². The average Bonchev–Trinajstić information content (AvgIpc) is 3.84. The fourth-order valence-corrected chi connectivity index (χ4v) is 18.3. The van der Waals surface area contributed by atoms with E-state index in [-0.39, 0.29) is 17.1 Å². The Hall–Kier alpha value is -1.30. The van der Waals surface area contributed by atoms with Crippen LogP contribution < -0.4 is 0 Å². The summed E-state index contributed by atoms with van der Waals surface area (Å²) in [5.74, 6) is 5.55. The van der Waals surface area contributed by atoms with Crippen molar-refractivity contribution in [3.63, 3.8) is 0 Å². The van der Waals surface area contributed by atoms with Gasteiger partial charge < -0.3 is 9.47 Å². The number of ether oxygens (including phenoxy) is 2. The van der Waals surface area contributed by atoms with E-state index in [1.54, 1.807) is 16.7 Å². The molecule has 1 spiro atoms. The van der Waals surface area contributed by atoms with Crippen LogP contribution in [0.1, 0.15) is 176 Å². The third-order valence-corrected chi connectivity index (χ3v) is 20.5. The Bertz CT molecular complexity index is 1750. The topological polar surface area (TPSA) is 24.9 Å². The summed E-state index contributed by atoms with van der Waals surface area (Å²) in [6, 6.07) is 3.07. The van der Waals surface area contributed by atoms with Gasteiger partial charge in [-0.15, -0.1) is 0 Å². The van der Waals surface area contributed by atoms with Crippen molar-refractivity contribution >= 4 is 6.71 Å². The highest BCUT2D eigenvalue weighted by molar-refractivity contribution is 6.65. The molecule has 5 aliphatic heterocycles. The molecule has 13 unspecified atom stereocenters. The van der Waals surface area contributed by atoms with Gasteiger partial charge >= 0.3 is 0 Å². The monoisotopic (exact) mass is 773 g/mol. The van der Waals surface area contributed by atoms with Crippen molar-refractivity contribution in [2.75, 3.05) is 0 Å². The van der Waals surface area contributed by atoms with Crippen LogP contribution in [0.2, 0.25) is 11.6 Å². The third-order valence-electron chi connectivity index (χ3n) is 20.5. The zero-order chi connectivity index (χ0) is 38.6. The fourth-order valence-electron chi connectivity index (χ4n) is 18.3. The van der Waals surface area contributed by atoms with Gasteiger partial charge in [0.25, 0.3) is 0 Å². The van der Waals surface area contributed by atoms with Gasteiger partial charge in [-0.2, -0.15) is 0 Å². The molecule has 57 heavy (non-hydrogen) atoms. The SMILES string of the molecule is CC1=CC2C3B(C4C=C(C5CCCCC5)CC5C4N(C3C1)C(C)(C)C51CCCCC1)C1OC3C=C(C(C)(C)C)CCC3C1N2C1CCCC2C3=C(CCCC3)OC21. The summed E-state index contributed by atoms with van der Waals surface area (Å²) in [7, 11) is 0. The molecule has 0 aromatic carbocycles. The Morgan fingerprint density at radius 2 is 1.56 bits per heavy atom. The minimum absolute atomic E-state index is 0.211. The lowest BCUT2D eigenvalue weighted by Crippen LogP contribution is -2.76. The summed E-state index contributed by atoms with van der Waals surface area (Å²) in [5.41, 5.74) is 7.88. The van der Waals surface area contributed by atoms with E-state index >= 15 is 0 Å². The van der Waals surface area contributed by atoms with Crippen molar-refractivity contribution in [3.8, 4) is 0 Å². The van der Waals surface area contributed by atoms with Gasteiger partial charge in [-0.25, -0.2) is 0 Å². The van der Waals surface area contributed by atoms with Crippen LogP contribution >= 0.6 is 0 Å². The number of nitrogens with zero attached hydrogens (tertiary/aromatic N) is 2. The molecule has 7 fully saturated rings. The van der Waals surface area contributed by atoms with Crippen LogP contribution in [-0.4, -0.2) is 70.5 Å². The lowest BCUT2D eigenvalue weighted by Gasteiger charge is -2.65. The number of rotatable bonds is 2. The van der Waals surface area contributed by atoms with Gasteiger partial charge in [-0.05, 0) is 144 Å². The van der Waals surface area contributed by atoms with E-state index < -0.39 is 0 Å². The minimum Gasteiger partial charge on any atom is -0.493 e. The quantitative estimate of drug-likeness (QED) is 0.206. The molecule has 7 aliphatic carbocycles. The summed E-state index contributed by atoms with van der Waals surface area (Å²) in [6.07, 6.45) is 38.1. The van der Waals surface area contributed by atoms with Crippen molar-refractivity contribution < 1.29 is 9.47 Å². The normalized spacial score (nSPS) is 46.2. The molecule has 0 N–H and O–H groups in total. The zero-order valence-corrected chi connectivity index (χ0v) is 37.0. The molecule has 0 aromatic heterocycles. The molecular weight excluding hydrogens is 695 g/mol. The molecule has 4 saturated heterocycles. The molecule has 0 amide bonds. The Morgan fingerprint density at radius 1 is 0.772 bits per heavy atom. The number of allylic oxidation sites excluding steroid dienone is 3. The zero-order valence-electron chi connectivity index (χ0n) is 37.0. The number of fused-ring (bicyclic) bond motifs is 9. The molecular formula is C52H77BN2O2. The van der Waals surface area contributed by atoms with Crippen LogP contribution in [0, 0.1) is 34.5 Å². The molecule has 12 aliphatic rings. The molecule has 0 aromatic rings. The first-order valence-corrected chi connectivity index (χ1v) is 25.2. The Kier molecular flexibility index (Phi) is 8.78. The number of hydrogen-bond donors (Lipinski definition) is 0. The van der Waals surface area contributed by atoms with Crippen LogP contribution in [0.5, 0.6) is 0 Å². The molecule has 4 nitrogen and oxygen atoms in total. The predicted octanol–water partition coefficient (Wildman–Crippen LogP) is 12.0. The van der Waals surface area contributed by atoms with Crippen LogP contribution in [0.15, 0.2) is 46.3 Å². The molecule has 13 atom stereocenters. The van der Waals surface area contributed by atoms with E-state index in [0.29, 0.717) is 77.9 Å². The van der Waals surface area contributed by atoms with E-state index in [1.807, 2.05) is 5.57 Å². The highest BCUT2D eigenvalue weighted by Gasteiger charge is 2.75.